The number of benzene rings is 1. The zero-order valence-corrected chi connectivity index (χ0v) is 11.1. The Hall–Kier alpha value is -1.20. The summed E-state index contributed by atoms with van der Waals surface area (Å²) >= 11 is 6.95. The Kier molecular flexibility index (Phi) is 2.72. The molecule has 0 saturated heterocycles. The van der Waals surface area contributed by atoms with E-state index < -0.39 is 0 Å². The standard InChI is InChI=1S/C12H13N3S2/c1-7-13-10-5-4-9(6-11(10)17-7)15-12(16)14-8-2-3-8/h4-6,8H,2-3H2,1H3,(H2,14,15,16). The van der Waals surface area contributed by atoms with E-state index in [0.717, 1.165) is 16.2 Å². The summed E-state index contributed by atoms with van der Waals surface area (Å²) in [5.74, 6) is 0. The van der Waals surface area contributed by atoms with E-state index in [1.807, 2.05) is 19.1 Å². The highest BCUT2D eigenvalue weighted by Crippen LogP contribution is 2.25. The van der Waals surface area contributed by atoms with Gasteiger partial charge in [0.2, 0.25) is 0 Å². The molecular formula is C12H13N3S2. The Morgan fingerprint density at radius 1 is 1.47 bits per heavy atom. The fraction of sp³-hybridized carbons (Fsp3) is 0.333. The molecule has 5 heteroatoms. The molecule has 17 heavy (non-hydrogen) atoms. The summed E-state index contributed by atoms with van der Waals surface area (Å²) in [4.78, 5) is 4.43. The third-order valence-corrected chi connectivity index (χ3v) is 3.82. The fourth-order valence-electron chi connectivity index (χ4n) is 1.70. The number of hydrogen-bond acceptors (Lipinski definition) is 3. The van der Waals surface area contributed by atoms with Gasteiger partial charge in [0.1, 0.15) is 0 Å². The Morgan fingerprint density at radius 2 is 2.29 bits per heavy atom. The second kappa shape index (κ2) is 4.23. The van der Waals surface area contributed by atoms with Gasteiger partial charge in [-0.15, -0.1) is 11.3 Å². The summed E-state index contributed by atoms with van der Waals surface area (Å²) in [6.07, 6.45) is 2.46. The zero-order chi connectivity index (χ0) is 11.8. The molecule has 0 aliphatic heterocycles. The van der Waals surface area contributed by atoms with Crippen molar-refractivity contribution in [3.05, 3.63) is 23.2 Å². The van der Waals surface area contributed by atoms with E-state index in [-0.39, 0.29) is 0 Å². The number of nitrogens with zero attached hydrogens (tertiary/aromatic N) is 1. The first-order valence-corrected chi connectivity index (χ1v) is 6.88. The number of rotatable bonds is 2. The van der Waals surface area contributed by atoms with Crippen molar-refractivity contribution >= 4 is 44.6 Å². The topological polar surface area (TPSA) is 37.0 Å². The average molecular weight is 263 g/mol. The summed E-state index contributed by atoms with van der Waals surface area (Å²) in [6, 6.07) is 6.73. The maximum Gasteiger partial charge on any atom is 0.170 e. The normalized spacial score (nSPS) is 14.9. The van der Waals surface area contributed by atoms with Gasteiger partial charge in [-0.2, -0.15) is 0 Å². The predicted molar refractivity (Wildman–Crippen MR) is 76.7 cm³/mol. The monoisotopic (exact) mass is 263 g/mol. The van der Waals surface area contributed by atoms with Crippen LogP contribution in [0.4, 0.5) is 5.69 Å². The summed E-state index contributed by atoms with van der Waals surface area (Å²) in [6.45, 7) is 2.02. The van der Waals surface area contributed by atoms with Gasteiger partial charge >= 0.3 is 0 Å². The van der Waals surface area contributed by atoms with Crippen molar-refractivity contribution in [3.63, 3.8) is 0 Å². The molecule has 3 nitrogen and oxygen atoms in total. The van der Waals surface area contributed by atoms with Gasteiger partial charge in [0.05, 0.1) is 15.2 Å². The molecule has 1 fully saturated rings. The van der Waals surface area contributed by atoms with Crippen LogP contribution in [-0.2, 0) is 0 Å². The molecule has 0 spiro atoms. The van der Waals surface area contributed by atoms with E-state index >= 15 is 0 Å². The van der Waals surface area contributed by atoms with E-state index in [1.54, 1.807) is 11.3 Å². The highest BCUT2D eigenvalue weighted by molar-refractivity contribution is 7.80. The van der Waals surface area contributed by atoms with E-state index in [1.165, 1.54) is 17.5 Å². The molecule has 0 amide bonds. The lowest BCUT2D eigenvalue weighted by atomic mass is 10.3. The Balaban J connectivity index is 1.77. The molecule has 3 rings (SSSR count). The molecule has 0 atom stereocenters. The third kappa shape index (κ3) is 2.56. The molecule has 2 aromatic rings. The highest BCUT2D eigenvalue weighted by atomic mass is 32.1. The van der Waals surface area contributed by atoms with Gasteiger partial charge in [-0.3, -0.25) is 0 Å². The number of aryl methyl sites for hydroxylation is 1. The lowest BCUT2D eigenvalue weighted by Gasteiger charge is -2.09. The van der Waals surface area contributed by atoms with Crippen molar-refractivity contribution in [3.8, 4) is 0 Å². The van der Waals surface area contributed by atoms with Crippen LogP contribution in [0.3, 0.4) is 0 Å². The summed E-state index contributed by atoms with van der Waals surface area (Å²) in [7, 11) is 0. The van der Waals surface area contributed by atoms with Crippen LogP contribution in [0.5, 0.6) is 0 Å². The average Bonchev–Trinajstić information content (AvgIpc) is 2.98. The Bertz CT molecular complexity index is 572. The molecule has 0 bridgehead atoms. The zero-order valence-electron chi connectivity index (χ0n) is 9.49. The number of fused-ring (bicyclic) bond motifs is 1. The maximum absolute atomic E-state index is 5.25. The first-order valence-electron chi connectivity index (χ1n) is 5.65. The van der Waals surface area contributed by atoms with Crippen molar-refractivity contribution in [2.75, 3.05) is 5.32 Å². The van der Waals surface area contributed by atoms with E-state index in [2.05, 4.69) is 21.7 Å². The quantitative estimate of drug-likeness (QED) is 0.817. The van der Waals surface area contributed by atoms with Gasteiger partial charge < -0.3 is 10.6 Å². The number of aromatic nitrogens is 1. The van der Waals surface area contributed by atoms with Crippen molar-refractivity contribution in [1.82, 2.24) is 10.3 Å². The molecule has 0 radical (unpaired) electrons. The van der Waals surface area contributed by atoms with E-state index in [0.29, 0.717) is 11.2 Å². The van der Waals surface area contributed by atoms with Gasteiger partial charge in [0.25, 0.3) is 0 Å². The van der Waals surface area contributed by atoms with Gasteiger partial charge in [-0.1, -0.05) is 0 Å². The number of nitrogens with one attached hydrogen (secondary N) is 2. The number of thiazole rings is 1. The van der Waals surface area contributed by atoms with Crippen molar-refractivity contribution < 1.29 is 0 Å². The molecule has 0 unspecified atom stereocenters. The molecule has 1 aromatic heterocycles. The van der Waals surface area contributed by atoms with Crippen LogP contribution in [0, 0.1) is 6.92 Å². The lowest BCUT2D eigenvalue weighted by molar-refractivity contribution is 0.919. The highest BCUT2D eigenvalue weighted by Gasteiger charge is 2.21. The molecule has 88 valence electrons. The fourth-order valence-corrected chi connectivity index (χ4v) is 2.85. The molecule has 1 aliphatic carbocycles. The largest absolute Gasteiger partial charge is 0.360 e. The van der Waals surface area contributed by atoms with Crippen LogP contribution in [-0.4, -0.2) is 16.1 Å². The van der Waals surface area contributed by atoms with Gasteiger partial charge in [0.15, 0.2) is 5.11 Å². The number of thiocarbonyl (C=S) groups is 1. The summed E-state index contributed by atoms with van der Waals surface area (Å²) in [5, 5.41) is 8.29. The van der Waals surface area contributed by atoms with Crippen molar-refractivity contribution in [2.45, 2.75) is 25.8 Å². The van der Waals surface area contributed by atoms with Gasteiger partial charge in [-0.05, 0) is 50.2 Å². The van der Waals surface area contributed by atoms with Crippen LogP contribution < -0.4 is 10.6 Å². The second-order valence-electron chi connectivity index (χ2n) is 4.29. The van der Waals surface area contributed by atoms with Gasteiger partial charge in [0, 0.05) is 11.7 Å². The Labute approximate surface area is 109 Å². The molecule has 2 N–H and O–H groups in total. The first-order chi connectivity index (χ1) is 8.20. The SMILES string of the molecule is Cc1nc2ccc(NC(=S)NC3CC3)cc2s1. The summed E-state index contributed by atoms with van der Waals surface area (Å²) in [5.41, 5.74) is 2.08. The second-order valence-corrected chi connectivity index (χ2v) is 5.93. The minimum Gasteiger partial charge on any atom is -0.360 e. The van der Waals surface area contributed by atoms with Gasteiger partial charge in [-0.25, -0.2) is 4.98 Å². The summed E-state index contributed by atoms with van der Waals surface area (Å²) < 4.78 is 1.20. The molecular weight excluding hydrogens is 250 g/mol. The number of hydrogen-bond donors (Lipinski definition) is 2. The van der Waals surface area contributed by atoms with Crippen LogP contribution in [0.15, 0.2) is 18.2 Å². The molecule has 1 saturated carbocycles. The first kappa shape index (κ1) is 10.9. The number of anilines is 1. The lowest BCUT2D eigenvalue weighted by Crippen LogP contribution is -2.30. The smallest absolute Gasteiger partial charge is 0.170 e. The van der Waals surface area contributed by atoms with Crippen LogP contribution in [0.2, 0.25) is 0 Å². The maximum atomic E-state index is 5.25. The minimum absolute atomic E-state index is 0.587. The van der Waals surface area contributed by atoms with Crippen molar-refractivity contribution in [1.29, 1.82) is 0 Å². The predicted octanol–water partition coefficient (Wildman–Crippen LogP) is 3.05. The Morgan fingerprint density at radius 3 is 3.06 bits per heavy atom. The van der Waals surface area contributed by atoms with Crippen LogP contribution in [0.25, 0.3) is 10.2 Å². The third-order valence-electron chi connectivity index (χ3n) is 2.67. The van der Waals surface area contributed by atoms with Crippen LogP contribution >= 0.6 is 23.6 Å². The molecule has 1 heterocycles. The van der Waals surface area contributed by atoms with Crippen LogP contribution in [0.1, 0.15) is 17.8 Å². The molecule has 1 aliphatic rings. The van der Waals surface area contributed by atoms with E-state index in [4.69, 9.17) is 12.2 Å². The van der Waals surface area contributed by atoms with Crippen molar-refractivity contribution in [2.24, 2.45) is 0 Å². The molecule has 1 aromatic carbocycles. The van der Waals surface area contributed by atoms with E-state index in [9.17, 15) is 0 Å². The minimum atomic E-state index is 0.587.